The summed E-state index contributed by atoms with van der Waals surface area (Å²) in [6.45, 7) is 2.17. The van der Waals surface area contributed by atoms with Crippen molar-refractivity contribution in [1.29, 1.82) is 0 Å². The lowest BCUT2D eigenvalue weighted by molar-refractivity contribution is 0.443. The highest BCUT2D eigenvalue weighted by Gasteiger charge is 2.17. The molecule has 9 aromatic rings. The highest BCUT2D eigenvalue weighted by molar-refractivity contribution is 6.14. The van der Waals surface area contributed by atoms with Gasteiger partial charge in [0.1, 0.15) is 0 Å². The lowest BCUT2D eigenvalue weighted by Crippen LogP contribution is -2.04. The Morgan fingerprint density at radius 3 is 1.29 bits per heavy atom. The molecule has 2 aliphatic rings. The van der Waals surface area contributed by atoms with E-state index in [4.69, 9.17) is 0 Å². The Balaban J connectivity index is 0.000000249. The number of fused-ring (bicyclic) bond motifs is 2. The van der Waals surface area contributed by atoms with Crippen LogP contribution in [0.1, 0.15) is 143 Å². The quantitative estimate of drug-likeness (QED) is 0.0896. The molecule has 0 aliphatic heterocycles. The molecular weight excluding hydrogens is 841 g/mol. The fraction of sp³-hybridized carbons (Fsp3) is 0.200. The fourth-order valence-electron chi connectivity index (χ4n) is 11.1. The van der Waals surface area contributed by atoms with E-state index in [1.54, 1.807) is 5.56 Å². The van der Waals surface area contributed by atoms with Gasteiger partial charge >= 0.3 is 0 Å². The van der Waals surface area contributed by atoms with Crippen molar-refractivity contribution in [3.05, 3.63) is 273 Å². The van der Waals surface area contributed by atoms with E-state index >= 15 is 0 Å². The highest BCUT2D eigenvalue weighted by atomic mass is 14.2. The van der Waals surface area contributed by atoms with E-state index in [0.717, 1.165) is 12.3 Å². The molecule has 70 heavy (non-hydrogen) atoms. The predicted molar refractivity (Wildman–Crippen MR) is 304 cm³/mol. The maximum Gasteiger partial charge on any atom is -0.00258 e. The standard InChI is InChI=1S/C51H44.C19H22/c1-37-16-8-9-17-38(37)32-34-49-45-24-12-14-26-47(45)50(48-27-15-13-25-46(48)49)35-33-40-20-10-11-23-44(40)36-51(42-21-6-3-7-22-42)43-30-28-41(29-31-43)39-18-4-2-5-19-39;1-3-7-16(8-4-1)15-17-11-13-19(14-12-17)18-9-5-2-6-10-18/h3,6-17,20-36,39H,2,4-5,18-19H2,1H3;1,3-4,7-8,11-14,18H,2,5-6,9-10,15H2/b34-32?,35-33?,51-36-;. The predicted octanol–water partition coefficient (Wildman–Crippen LogP) is 19.6. The third-order valence-electron chi connectivity index (χ3n) is 15.0. The van der Waals surface area contributed by atoms with Crippen LogP contribution in [-0.4, -0.2) is 0 Å². The first-order valence-electron chi connectivity index (χ1n) is 26.1. The van der Waals surface area contributed by atoms with Gasteiger partial charge in [0.05, 0.1) is 0 Å². The van der Waals surface area contributed by atoms with Crippen molar-refractivity contribution in [1.82, 2.24) is 0 Å². The summed E-state index contributed by atoms with van der Waals surface area (Å²) < 4.78 is 0. The van der Waals surface area contributed by atoms with E-state index in [-0.39, 0.29) is 0 Å². The molecule has 0 amide bonds. The van der Waals surface area contributed by atoms with E-state index in [1.165, 1.54) is 153 Å². The summed E-state index contributed by atoms with van der Waals surface area (Å²) in [5.74, 6) is 1.52. The summed E-state index contributed by atoms with van der Waals surface area (Å²) in [4.78, 5) is 0. The summed E-state index contributed by atoms with van der Waals surface area (Å²) in [7, 11) is 0. The van der Waals surface area contributed by atoms with Crippen molar-refractivity contribution >= 4 is 57.5 Å². The van der Waals surface area contributed by atoms with Crippen molar-refractivity contribution in [2.24, 2.45) is 0 Å². The second-order valence-electron chi connectivity index (χ2n) is 19.7. The second kappa shape index (κ2) is 22.9. The summed E-state index contributed by atoms with van der Waals surface area (Å²) in [5.41, 5.74) is 17.0. The number of hydrogen-bond acceptors (Lipinski definition) is 0. The molecule has 0 saturated heterocycles. The molecule has 0 bridgehead atoms. The van der Waals surface area contributed by atoms with Gasteiger partial charge in [-0.15, -0.1) is 0 Å². The molecule has 9 aromatic carbocycles. The van der Waals surface area contributed by atoms with Gasteiger partial charge in [-0.25, -0.2) is 0 Å². The number of rotatable bonds is 11. The van der Waals surface area contributed by atoms with Crippen LogP contribution in [0, 0.1) is 6.92 Å². The Morgan fingerprint density at radius 1 is 0.357 bits per heavy atom. The van der Waals surface area contributed by atoms with Gasteiger partial charge in [0.25, 0.3) is 0 Å². The molecule has 2 aliphatic carbocycles. The van der Waals surface area contributed by atoms with Crippen LogP contribution in [0.4, 0.5) is 0 Å². The van der Waals surface area contributed by atoms with Crippen LogP contribution in [0.15, 0.2) is 206 Å². The molecule has 0 atom stereocenters. The first-order chi connectivity index (χ1) is 34.6. The Hall–Kier alpha value is -7.28. The monoisotopic (exact) mass is 907 g/mol. The lowest BCUT2D eigenvalue weighted by atomic mass is 9.83. The van der Waals surface area contributed by atoms with Crippen LogP contribution in [0.25, 0.3) is 57.5 Å². The average molecular weight is 907 g/mol. The van der Waals surface area contributed by atoms with Crippen molar-refractivity contribution in [2.75, 3.05) is 0 Å². The third kappa shape index (κ3) is 11.3. The molecule has 0 unspecified atom stereocenters. The zero-order valence-corrected chi connectivity index (χ0v) is 40.9. The van der Waals surface area contributed by atoms with Crippen LogP contribution in [0.3, 0.4) is 0 Å². The fourth-order valence-corrected chi connectivity index (χ4v) is 11.1. The zero-order valence-electron chi connectivity index (χ0n) is 40.9. The summed E-state index contributed by atoms with van der Waals surface area (Å²) in [6, 6.07) is 75.4. The average Bonchev–Trinajstić information content (AvgIpc) is 3.43. The minimum Gasteiger partial charge on any atom is -0.0622 e. The largest absolute Gasteiger partial charge is 0.0622 e. The molecule has 0 heteroatoms. The molecular formula is C70H66. The van der Waals surface area contributed by atoms with Crippen molar-refractivity contribution in [3.8, 4) is 0 Å². The molecule has 0 N–H and O–H groups in total. The van der Waals surface area contributed by atoms with E-state index in [0.29, 0.717) is 5.92 Å². The van der Waals surface area contributed by atoms with Gasteiger partial charge in [0, 0.05) is 0 Å². The molecule has 11 rings (SSSR count). The van der Waals surface area contributed by atoms with Crippen LogP contribution >= 0.6 is 0 Å². The van der Waals surface area contributed by atoms with E-state index in [1.807, 2.05) is 0 Å². The summed E-state index contributed by atoms with van der Waals surface area (Å²) in [6.07, 6.45) is 26.4. The molecule has 346 valence electrons. The molecule has 2 saturated carbocycles. The van der Waals surface area contributed by atoms with Gasteiger partial charge in [0.2, 0.25) is 0 Å². The molecule has 0 spiro atoms. The van der Waals surface area contributed by atoms with E-state index in [9.17, 15) is 0 Å². The van der Waals surface area contributed by atoms with Crippen molar-refractivity contribution in [3.63, 3.8) is 0 Å². The number of aryl methyl sites for hydroxylation is 1. The Morgan fingerprint density at radius 2 is 0.757 bits per heavy atom. The van der Waals surface area contributed by atoms with E-state index in [2.05, 4.69) is 244 Å². The first kappa shape index (κ1) is 46.4. The lowest BCUT2D eigenvalue weighted by Gasteiger charge is -2.22. The molecule has 2 fully saturated rings. The zero-order chi connectivity index (χ0) is 47.3. The van der Waals surface area contributed by atoms with Gasteiger partial charge < -0.3 is 0 Å². The third-order valence-corrected chi connectivity index (χ3v) is 15.0. The van der Waals surface area contributed by atoms with Crippen LogP contribution in [-0.2, 0) is 6.42 Å². The van der Waals surface area contributed by atoms with Gasteiger partial charge in [-0.05, 0) is 151 Å². The second-order valence-corrected chi connectivity index (χ2v) is 19.7. The van der Waals surface area contributed by atoms with Gasteiger partial charge in [-0.2, -0.15) is 0 Å². The minimum absolute atomic E-state index is 0.702. The molecule has 0 heterocycles. The summed E-state index contributed by atoms with van der Waals surface area (Å²) >= 11 is 0. The number of hydrogen-bond donors (Lipinski definition) is 0. The van der Waals surface area contributed by atoms with Gasteiger partial charge in [0.15, 0.2) is 0 Å². The van der Waals surface area contributed by atoms with Crippen LogP contribution in [0.5, 0.6) is 0 Å². The normalized spacial score (nSPS) is 14.8. The highest BCUT2D eigenvalue weighted by Crippen LogP contribution is 2.38. The van der Waals surface area contributed by atoms with Gasteiger partial charge in [-0.1, -0.05) is 269 Å². The smallest absolute Gasteiger partial charge is 0.00258 e. The Labute approximate surface area is 417 Å². The van der Waals surface area contributed by atoms with Gasteiger partial charge in [-0.3, -0.25) is 0 Å². The van der Waals surface area contributed by atoms with Crippen molar-refractivity contribution in [2.45, 2.75) is 89.4 Å². The SMILES string of the molecule is Cc1ccccc1C=Cc1c2ccccc2c(C=Cc2ccccc2/C=C(/c2ccccc2)c2ccc(C3CCCCC3)cc2)c2ccccc12.c1ccc(Cc2ccc(C3CCCCC3)cc2)cc1. The Kier molecular flexibility index (Phi) is 15.2. The molecule has 0 radical (unpaired) electrons. The number of benzene rings is 9. The van der Waals surface area contributed by atoms with Crippen LogP contribution < -0.4 is 0 Å². The first-order valence-corrected chi connectivity index (χ1v) is 26.1. The Bertz CT molecular complexity index is 3150. The van der Waals surface area contributed by atoms with Crippen molar-refractivity contribution < 1.29 is 0 Å². The molecule has 0 aromatic heterocycles. The topological polar surface area (TPSA) is 0 Å². The summed E-state index contributed by atoms with van der Waals surface area (Å²) in [5, 5.41) is 5.04. The maximum absolute atomic E-state index is 2.38. The maximum atomic E-state index is 2.38. The molecule has 0 nitrogen and oxygen atoms in total. The van der Waals surface area contributed by atoms with Crippen LogP contribution in [0.2, 0.25) is 0 Å². The minimum atomic E-state index is 0.702. The van der Waals surface area contributed by atoms with E-state index < -0.39 is 0 Å².